The van der Waals surface area contributed by atoms with Crippen molar-refractivity contribution in [1.82, 2.24) is 3.97 Å². The molecular weight excluding hydrogens is 645 g/mol. The highest BCUT2D eigenvalue weighted by atomic mass is 32.2. The van der Waals surface area contributed by atoms with Gasteiger partial charge >= 0.3 is 5.97 Å². The Morgan fingerprint density at radius 3 is 2.00 bits per heavy atom. The molecule has 48 heavy (non-hydrogen) atoms. The Kier molecular flexibility index (Phi) is 8.72. The summed E-state index contributed by atoms with van der Waals surface area (Å²) in [5.74, 6) is -3.57. The van der Waals surface area contributed by atoms with Crippen molar-refractivity contribution < 1.29 is 31.5 Å². The summed E-state index contributed by atoms with van der Waals surface area (Å²) in [5, 5.41) is 20.5. The van der Waals surface area contributed by atoms with Crippen molar-refractivity contribution in [2.75, 3.05) is 7.11 Å². The predicted molar refractivity (Wildman–Crippen MR) is 172 cm³/mol. The van der Waals surface area contributed by atoms with E-state index in [0.29, 0.717) is 32.6 Å². The van der Waals surface area contributed by atoms with Crippen molar-refractivity contribution in [3.05, 3.63) is 137 Å². The van der Waals surface area contributed by atoms with Gasteiger partial charge in [-0.2, -0.15) is 10.5 Å². The molecule has 0 aliphatic rings. The van der Waals surface area contributed by atoms with E-state index < -0.39 is 35.4 Å². The number of nitrogens with zero attached hydrogens (tertiary/aromatic N) is 3. The maximum Gasteiger partial charge on any atom is 0.338 e. The Hall–Kier alpha value is -5.91. The molecule has 236 valence electrons. The molecule has 6 aromatic rings. The molecule has 0 bridgehead atoms. The molecular formula is C37H20F5N3O2S. The zero-order chi connectivity index (χ0) is 34.1. The SMILES string of the molecule is COC(=O)c1cc(F)c(-c2cccc(-c3c(-c4c(C#N)cccc4C#N)c4cc(F)ccc4n3Sc3ccc(C(F)F)cc3)c2)c(F)c1. The van der Waals surface area contributed by atoms with Gasteiger partial charge in [0, 0.05) is 32.5 Å². The molecule has 0 radical (unpaired) electrons. The Bertz CT molecular complexity index is 2270. The maximum absolute atomic E-state index is 15.4. The van der Waals surface area contributed by atoms with E-state index in [1.807, 2.05) is 0 Å². The normalized spacial score (nSPS) is 11.0. The van der Waals surface area contributed by atoms with Crippen LogP contribution in [0.3, 0.4) is 0 Å². The fourth-order valence-electron chi connectivity index (χ4n) is 5.54. The molecule has 0 amide bonds. The number of alkyl halides is 2. The Labute approximate surface area is 275 Å². The van der Waals surface area contributed by atoms with Crippen LogP contribution in [0.15, 0.2) is 102 Å². The van der Waals surface area contributed by atoms with Crippen LogP contribution in [-0.4, -0.2) is 17.1 Å². The molecule has 0 saturated carbocycles. The molecule has 0 unspecified atom stereocenters. The largest absolute Gasteiger partial charge is 0.465 e. The van der Waals surface area contributed by atoms with Crippen molar-refractivity contribution in [1.29, 1.82) is 10.5 Å². The average Bonchev–Trinajstić information content (AvgIpc) is 3.39. The first-order valence-corrected chi connectivity index (χ1v) is 14.9. The van der Waals surface area contributed by atoms with Gasteiger partial charge in [-0.15, -0.1) is 0 Å². The Morgan fingerprint density at radius 2 is 1.40 bits per heavy atom. The maximum atomic E-state index is 15.4. The van der Waals surface area contributed by atoms with Gasteiger partial charge in [0.05, 0.1) is 52.7 Å². The van der Waals surface area contributed by atoms with Crippen LogP contribution in [0.5, 0.6) is 0 Å². The Balaban J connectivity index is 1.68. The topological polar surface area (TPSA) is 78.8 Å². The van der Waals surface area contributed by atoms with Crippen molar-refractivity contribution in [2.24, 2.45) is 0 Å². The number of carbonyl (C=O) groups is 1. The molecule has 0 saturated heterocycles. The third-order valence-corrected chi connectivity index (χ3v) is 8.70. The van der Waals surface area contributed by atoms with Gasteiger partial charge in [0.2, 0.25) is 0 Å². The molecule has 1 aromatic heterocycles. The number of ether oxygens (including phenoxy) is 1. The zero-order valence-corrected chi connectivity index (χ0v) is 25.6. The lowest BCUT2D eigenvalue weighted by atomic mass is 9.90. The summed E-state index contributed by atoms with van der Waals surface area (Å²) in [4.78, 5) is 12.5. The summed E-state index contributed by atoms with van der Waals surface area (Å²) in [5.41, 5.74) is 1.08. The van der Waals surface area contributed by atoms with E-state index in [1.165, 1.54) is 66.7 Å². The minimum Gasteiger partial charge on any atom is -0.465 e. The van der Waals surface area contributed by atoms with Gasteiger partial charge in [0.15, 0.2) is 0 Å². The molecule has 6 rings (SSSR count). The molecule has 5 nitrogen and oxygen atoms in total. The Morgan fingerprint density at radius 1 is 0.771 bits per heavy atom. The second-order valence-electron chi connectivity index (χ2n) is 10.5. The second kappa shape index (κ2) is 13.1. The molecule has 0 fully saturated rings. The van der Waals surface area contributed by atoms with Crippen LogP contribution in [0.4, 0.5) is 22.0 Å². The van der Waals surface area contributed by atoms with Crippen molar-refractivity contribution in [3.8, 4) is 45.6 Å². The van der Waals surface area contributed by atoms with Gasteiger partial charge in [-0.3, -0.25) is 3.97 Å². The van der Waals surface area contributed by atoms with Crippen LogP contribution in [-0.2, 0) is 4.74 Å². The summed E-state index contributed by atoms with van der Waals surface area (Å²) < 4.78 is 78.7. The van der Waals surface area contributed by atoms with E-state index in [9.17, 15) is 28.5 Å². The summed E-state index contributed by atoms with van der Waals surface area (Å²) in [6, 6.07) is 26.2. The standard InChI is InChI=1S/C37H20F5N3O2S/c1-47-37(46)25-15-29(39)33(30(40)16-25)21-4-2-5-22(14-21)35-34(32-23(18-43)6-3-7-24(32)19-44)28-17-26(38)10-13-31(28)45(35)48-27-11-8-20(9-12-27)36(41)42/h2-17,36H,1H3. The van der Waals surface area contributed by atoms with Crippen molar-refractivity contribution in [3.63, 3.8) is 0 Å². The van der Waals surface area contributed by atoms with E-state index in [0.717, 1.165) is 31.2 Å². The highest BCUT2D eigenvalue weighted by molar-refractivity contribution is 7.98. The van der Waals surface area contributed by atoms with Crippen molar-refractivity contribution >= 4 is 28.8 Å². The van der Waals surface area contributed by atoms with E-state index in [1.54, 1.807) is 22.2 Å². The van der Waals surface area contributed by atoms with Crippen molar-refractivity contribution in [2.45, 2.75) is 11.3 Å². The van der Waals surface area contributed by atoms with Gasteiger partial charge in [0.1, 0.15) is 17.5 Å². The van der Waals surface area contributed by atoms with Gasteiger partial charge in [0.25, 0.3) is 6.43 Å². The lowest BCUT2D eigenvalue weighted by molar-refractivity contribution is 0.0599. The molecule has 0 aliphatic carbocycles. The summed E-state index contributed by atoms with van der Waals surface area (Å²) >= 11 is 1.11. The van der Waals surface area contributed by atoms with Crippen LogP contribution in [0.25, 0.3) is 44.4 Å². The van der Waals surface area contributed by atoms with Crippen LogP contribution >= 0.6 is 11.9 Å². The first-order valence-electron chi connectivity index (χ1n) is 14.2. The fourth-order valence-corrected chi connectivity index (χ4v) is 6.55. The van der Waals surface area contributed by atoms with Crippen LogP contribution in [0.1, 0.15) is 33.5 Å². The second-order valence-corrected chi connectivity index (χ2v) is 11.5. The molecule has 1 heterocycles. The number of fused-ring (bicyclic) bond motifs is 1. The fraction of sp³-hybridized carbons (Fsp3) is 0.0541. The molecule has 11 heteroatoms. The van der Waals surface area contributed by atoms with Crippen LogP contribution < -0.4 is 0 Å². The summed E-state index contributed by atoms with van der Waals surface area (Å²) in [7, 11) is 1.09. The van der Waals surface area contributed by atoms with E-state index >= 15 is 8.78 Å². The number of nitriles is 2. The number of rotatable bonds is 7. The zero-order valence-electron chi connectivity index (χ0n) is 24.8. The number of methoxy groups -OCH3 is 1. The lowest BCUT2D eigenvalue weighted by Gasteiger charge is -2.15. The number of benzene rings is 5. The quantitative estimate of drug-likeness (QED) is 0.125. The average molecular weight is 666 g/mol. The van der Waals surface area contributed by atoms with Crippen LogP contribution in [0.2, 0.25) is 0 Å². The number of aromatic nitrogens is 1. The number of halogens is 5. The lowest BCUT2D eigenvalue weighted by Crippen LogP contribution is -2.04. The van der Waals surface area contributed by atoms with Gasteiger partial charge in [-0.05, 0) is 78.2 Å². The molecule has 5 aromatic carbocycles. The minimum absolute atomic E-state index is 0.0909. The molecule has 0 N–H and O–H groups in total. The first-order chi connectivity index (χ1) is 23.1. The first kappa shape index (κ1) is 32.0. The van der Waals surface area contributed by atoms with E-state index in [4.69, 9.17) is 0 Å². The van der Waals surface area contributed by atoms with Crippen LogP contribution in [0, 0.1) is 40.1 Å². The third kappa shape index (κ3) is 5.76. The number of hydrogen-bond acceptors (Lipinski definition) is 5. The van der Waals surface area contributed by atoms with Gasteiger partial charge < -0.3 is 4.74 Å². The molecule has 0 aliphatic heterocycles. The predicted octanol–water partition coefficient (Wildman–Crippen LogP) is 10.1. The smallest absolute Gasteiger partial charge is 0.338 e. The molecule has 0 spiro atoms. The highest BCUT2D eigenvalue weighted by Crippen LogP contribution is 2.47. The van der Waals surface area contributed by atoms with Gasteiger partial charge in [-0.25, -0.2) is 26.7 Å². The van der Waals surface area contributed by atoms with E-state index in [2.05, 4.69) is 16.9 Å². The number of carbonyl (C=O) groups excluding carboxylic acids is 1. The number of esters is 1. The number of hydrogen-bond donors (Lipinski definition) is 0. The summed E-state index contributed by atoms with van der Waals surface area (Å²) in [6.45, 7) is 0. The third-order valence-electron chi connectivity index (χ3n) is 7.66. The highest BCUT2D eigenvalue weighted by Gasteiger charge is 2.26. The summed E-state index contributed by atoms with van der Waals surface area (Å²) in [6.07, 6.45) is -2.68. The molecule has 0 atom stereocenters. The van der Waals surface area contributed by atoms with E-state index in [-0.39, 0.29) is 33.4 Å². The monoisotopic (exact) mass is 665 g/mol. The minimum atomic E-state index is -2.68. The van der Waals surface area contributed by atoms with Gasteiger partial charge in [-0.1, -0.05) is 36.4 Å².